The number of aryl methyl sites for hydroxylation is 1. The predicted molar refractivity (Wildman–Crippen MR) is 106 cm³/mol. The first-order valence-corrected chi connectivity index (χ1v) is 7.70. The molecule has 0 amide bonds. The van der Waals surface area contributed by atoms with Crippen LogP contribution in [0.3, 0.4) is 0 Å². The second kappa shape index (κ2) is 9.71. The highest BCUT2D eigenvalue weighted by Crippen LogP contribution is 2.18. The molecule has 122 valence electrons. The van der Waals surface area contributed by atoms with Crippen LogP contribution in [0.2, 0.25) is 0 Å². The number of hydrogen-bond donors (Lipinski definition) is 3. The molecule has 0 spiro atoms. The molecule has 22 heavy (non-hydrogen) atoms. The molecule has 5 heteroatoms. The standard InChI is InChI=1S/C17H26N4.HI/c1-13(2)11-21-17(18-3)19-10-6-7-14-12-20-16-9-5-4-8-15(14)16;/h4-5,8-9,12-13,20H,6-7,10-11H2,1-3H3,(H2,18,19,21);1H. The summed E-state index contributed by atoms with van der Waals surface area (Å²) >= 11 is 0. The summed E-state index contributed by atoms with van der Waals surface area (Å²) < 4.78 is 0. The van der Waals surface area contributed by atoms with Gasteiger partial charge < -0.3 is 15.6 Å². The van der Waals surface area contributed by atoms with Crippen molar-refractivity contribution in [3.05, 3.63) is 36.0 Å². The molecule has 0 fully saturated rings. The van der Waals surface area contributed by atoms with Gasteiger partial charge in [0.2, 0.25) is 0 Å². The van der Waals surface area contributed by atoms with Crippen LogP contribution in [-0.4, -0.2) is 31.1 Å². The molecule has 0 aliphatic heterocycles. The minimum absolute atomic E-state index is 0. The van der Waals surface area contributed by atoms with Crippen molar-refractivity contribution in [1.82, 2.24) is 15.6 Å². The van der Waals surface area contributed by atoms with E-state index in [4.69, 9.17) is 0 Å². The van der Waals surface area contributed by atoms with Crippen LogP contribution in [0.4, 0.5) is 0 Å². The quantitative estimate of drug-likeness (QED) is 0.293. The van der Waals surface area contributed by atoms with Crippen molar-refractivity contribution in [3.8, 4) is 0 Å². The minimum atomic E-state index is 0. The third-order valence-electron chi connectivity index (χ3n) is 3.49. The van der Waals surface area contributed by atoms with Gasteiger partial charge in [-0.05, 0) is 30.4 Å². The summed E-state index contributed by atoms with van der Waals surface area (Å²) in [4.78, 5) is 7.56. The minimum Gasteiger partial charge on any atom is -0.361 e. The van der Waals surface area contributed by atoms with E-state index >= 15 is 0 Å². The van der Waals surface area contributed by atoms with Crippen LogP contribution in [0.1, 0.15) is 25.8 Å². The fourth-order valence-corrected chi connectivity index (χ4v) is 2.35. The van der Waals surface area contributed by atoms with Gasteiger partial charge in [-0.2, -0.15) is 0 Å². The first-order valence-electron chi connectivity index (χ1n) is 7.70. The monoisotopic (exact) mass is 414 g/mol. The molecule has 1 heterocycles. The lowest BCUT2D eigenvalue weighted by Crippen LogP contribution is -2.39. The molecule has 0 radical (unpaired) electrons. The van der Waals surface area contributed by atoms with Crippen LogP contribution in [0.25, 0.3) is 10.9 Å². The lowest BCUT2D eigenvalue weighted by molar-refractivity contribution is 0.613. The molecule has 4 nitrogen and oxygen atoms in total. The van der Waals surface area contributed by atoms with Gasteiger partial charge in [-0.3, -0.25) is 4.99 Å². The fourth-order valence-electron chi connectivity index (χ4n) is 2.35. The number of aromatic amines is 1. The maximum Gasteiger partial charge on any atom is 0.190 e. The van der Waals surface area contributed by atoms with Gasteiger partial charge in [0, 0.05) is 37.2 Å². The van der Waals surface area contributed by atoms with Crippen LogP contribution in [0, 0.1) is 5.92 Å². The van der Waals surface area contributed by atoms with Crippen LogP contribution in [-0.2, 0) is 6.42 Å². The van der Waals surface area contributed by atoms with E-state index < -0.39 is 0 Å². The number of guanidine groups is 1. The molecule has 1 aromatic heterocycles. The summed E-state index contributed by atoms with van der Waals surface area (Å²) in [5, 5.41) is 8.02. The molecule has 1 aromatic carbocycles. The molecular weight excluding hydrogens is 387 g/mol. The molecule has 0 saturated carbocycles. The number of nitrogens with one attached hydrogen (secondary N) is 3. The molecule has 0 bridgehead atoms. The Labute approximate surface area is 150 Å². The molecular formula is C17H27IN4. The second-order valence-corrected chi connectivity index (χ2v) is 5.74. The van der Waals surface area contributed by atoms with Crippen LogP contribution in [0.15, 0.2) is 35.5 Å². The Hall–Kier alpha value is -1.24. The summed E-state index contributed by atoms with van der Waals surface area (Å²) in [5.74, 6) is 1.51. The van der Waals surface area contributed by atoms with E-state index in [1.165, 1.54) is 16.5 Å². The topological polar surface area (TPSA) is 52.2 Å². The summed E-state index contributed by atoms with van der Waals surface area (Å²) in [5.41, 5.74) is 2.60. The van der Waals surface area contributed by atoms with Gasteiger partial charge in [0.25, 0.3) is 0 Å². The Balaban J connectivity index is 0.00000242. The largest absolute Gasteiger partial charge is 0.361 e. The Morgan fingerprint density at radius 2 is 2.00 bits per heavy atom. The van der Waals surface area contributed by atoms with E-state index in [2.05, 4.69) is 64.9 Å². The zero-order chi connectivity index (χ0) is 15.1. The summed E-state index contributed by atoms with van der Waals surface area (Å²) in [6.07, 6.45) is 4.28. The third kappa shape index (κ3) is 5.51. The van der Waals surface area contributed by atoms with Gasteiger partial charge in [-0.1, -0.05) is 32.0 Å². The van der Waals surface area contributed by atoms with Crippen LogP contribution < -0.4 is 10.6 Å². The van der Waals surface area contributed by atoms with Gasteiger partial charge in [0.1, 0.15) is 0 Å². The van der Waals surface area contributed by atoms with E-state index in [0.717, 1.165) is 31.9 Å². The van der Waals surface area contributed by atoms with Crippen LogP contribution >= 0.6 is 24.0 Å². The molecule has 2 rings (SSSR count). The number of para-hydroxylation sites is 1. The van der Waals surface area contributed by atoms with Crippen molar-refractivity contribution in [1.29, 1.82) is 0 Å². The van der Waals surface area contributed by atoms with Gasteiger partial charge in [0.15, 0.2) is 5.96 Å². The van der Waals surface area contributed by atoms with E-state index in [0.29, 0.717) is 5.92 Å². The molecule has 0 aliphatic rings. The van der Waals surface area contributed by atoms with E-state index in [-0.39, 0.29) is 24.0 Å². The number of nitrogens with zero attached hydrogens (tertiary/aromatic N) is 1. The molecule has 3 N–H and O–H groups in total. The Kier molecular flexibility index (Phi) is 8.30. The first kappa shape index (κ1) is 18.8. The number of benzene rings is 1. The van der Waals surface area contributed by atoms with E-state index in [9.17, 15) is 0 Å². The molecule has 0 saturated heterocycles. The predicted octanol–water partition coefficient (Wildman–Crippen LogP) is 3.54. The van der Waals surface area contributed by atoms with Crippen molar-refractivity contribution in [2.45, 2.75) is 26.7 Å². The number of hydrogen-bond acceptors (Lipinski definition) is 1. The number of fused-ring (bicyclic) bond motifs is 1. The second-order valence-electron chi connectivity index (χ2n) is 5.74. The maximum atomic E-state index is 4.23. The van der Waals surface area contributed by atoms with Gasteiger partial charge in [-0.15, -0.1) is 24.0 Å². The number of aliphatic imine (C=N–C) groups is 1. The maximum absolute atomic E-state index is 4.23. The van der Waals surface area contributed by atoms with Crippen molar-refractivity contribution in [3.63, 3.8) is 0 Å². The number of aromatic nitrogens is 1. The lowest BCUT2D eigenvalue weighted by Gasteiger charge is -2.13. The van der Waals surface area contributed by atoms with Gasteiger partial charge in [0.05, 0.1) is 0 Å². The lowest BCUT2D eigenvalue weighted by atomic mass is 10.1. The average molecular weight is 414 g/mol. The highest BCUT2D eigenvalue weighted by atomic mass is 127. The number of H-pyrrole nitrogens is 1. The highest BCUT2D eigenvalue weighted by Gasteiger charge is 2.03. The van der Waals surface area contributed by atoms with Crippen molar-refractivity contribution < 1.29 is 0 Å². The van der Waals surface area contributed by atoms with Crippen molar-refractivity contribution in [2.75, 3.05) is 20.1 Å². The van der Waals surface area contributed by atoms with E-state index in [1.807, 2.05) is 7.05 Å². The zero-order valence-corrected chi connectivity index (χ0v) is 16.0. The summed E-state index contributed by atoms with van der Waals surface area (Å²) in [6, 6.07) is 8.45. The summed E-state index contributed by atoms with van der Waals surface area (Å²) in [7, 11) is 1.81. The third-order valence-corrected chi connectivity index (χ3v) is 3.49. The molecule has 2 aromatic rings. The van der Waals surface area contributed by atoms with Gasteiger partial charge in [-0.25, -0.2) is 0 Å². The van der Waals surface area contributed by atoms with E-state index in [1.54, 1.807) is 0 Å². The Morgan fingerprint density at radius 1 is 1.23 bits per heavy atom. The zero-order valence-electron chi connectivity index (χ0n) is 13.6. The first-order chi connectivity index (χ1) is 10.2. The smallest absolute Gasteiger partial charge is 0.190 e. The Morgan fingerprint density at radius 3 is 2.73 bits per heavy atom. The Bertz CT molecular complexity index is 589. The summed E-state index contributed by atoms with van der Waals surface area (Å²) in [6.45, 7) is 6.26. The normalized spacial score (nSPS) is 11.5. The molecule has 0 unspecified atom stereocenters. The molecule has 0 atom stereocenters. The number of rotatable bonds is 6. The SMILES string of the molecule is CN=C(NCCCc1c[nH]c2ccccc12)NCC(C)C.I. The molecule has 0 aliphatic carbocycles. The van der Waals surface area contributed by atoms with Crippen molar-refractivity contribution >= 4 is 40.8 Å². The fraction of sp³-hybridized carbons (Fsp3) is 0.471. The van der Waals surface area contributed by atoms with Crippen molar-refractivity contribution in [2.24, 2.45) is 10.9 Å². The van der Waals surface area contributed by atoms with Crippen LogP contribution in [0.5, 0.6) is 0 Å². The highest BCUT2D eigenvalue weighted by molar-refractivity contribution is 14.0. The number of halogens is 1. The van der Waals surface area contributed by atoms with Gasteiger partial charge >= 0.3 is 0 Å². The average Bonchev–Trinajstić information content (AvgIpc) is 2.90.